The molecule has 1 fully saturated rings. The van der Waals surface area contributed by atoms with Crippen molar-refractivity contribution in [2.75, 3.05) is 14.2 Å². The number of hydrogen-bond donors (Lipinski definition) is 0. The molecule has 1 aliphatic carbocycles. The van der Waals surface area contributed by atoms with Crippen LogP contribution in [0.2, 0.25) is 0 Å². The van der Waals surface area contributed by atoms with Gasteiger partial charge in [-0.3, -0.25) is 14.4 Å². The quantitative estimate of drug-likeness (QED) is 0.338. The third-order valence-electron chi connectivity index (χ3n) is 3.23. The van der Waals surface area contributed by atoms with E-state index in [1.807, 2.05) is 0 Å². The second-order valence-electron chi connectivity index (χ2n) is 4.57. The number of esters is 3. The van der Waals surface area contributed by atoms with Crippen LogP contribution < -0.4 is 0 Å². The van der Waals surface area contributed by atoms with Gasteiger partial charge < -0.3 is 14.2 Å². The molecule has 0 saturated heterocycles. The van der Waals surface area contributed by atoms with Crippen LogP contribution in [0.15, 0.2) is 23.5 Å². The number of methoxy groups -OCH3 is 2. The summed E-state index contributed by atoms with van der Waals surface area (Å²) in [6.07, 6.45) is -0.0556. The highest BCUT2D eigenvalue weighted by atomic mass is 16.5. The highest BCUT2D eigenvalue weighted by Crippen LogP contribution is 2.47. The molecule has 1 saturated carbocycles. The normalized spacial score (nSPS) is 22.0. The third kappa shape index (κ3) is 2.74. The SMILES string of the molecule is [2H]C=C1CC(C(=O)OC)(C(=O)OC)C/C1=C(/C)OC(C)=O. The Morgan fingerprint density at radius 2 is 1.70 bits per heavy atom. The number of hydrogen-bond acceptors (Lipinski definition) is 6. The lowest BCUT2D eigenvalue weighted by atomic mass is 9.85. The molecule has 0 aromatic heterocycles. The molecule has 110 valence electrons. The van der Waals surface area contributed by atoms with Gasteiger partial charge in [-0.05, 0) is 24.5 Å². The number of ether oxygens (including phenoxy) is 3. The van der Waals surface area contributed by atoms with Crippen LogP contribution in [-0.2, 0) is 28.6 Å². The summed E-state index contributed by atoms with van der Waals surface area (Å²) in [5.74, 6) is -1.73. The molecule has 6 heteroatoms. The molecule has 0 aromatic carbocycles. The van der Waals surface area contributed by atoms with Gasteiger partial charge in [0, 0.05) is 13.3 Å². The molecule has 1 rings (SSSR count). The van der Waals surface area contributed by atoms with E-state index in [4.69, 9.17) is 15.6 Å². The summed E-state index contributed by atoms with van der Waals surface area (Å²) in [4.78, 5) is 35.1. The van der Waals surface area contributed by atoms with E-state index in [1.165, 1.54) is 21.1 Å². The molecule has 6 nitrogen and oxygen atoms in total. The Balaban J connectivity index is 3.33. The van der Waals surface area contributed by atoms with Gasteiger partial charge in [-0.2, -0.15) is 0 Å². The van der Waals surface area contributed by atoms with Crippen LogP contribution in [0.25, 0.3) is 0 Å². The molecule has 1 aliphatic rings. The van der Waals surface area contributed by atoms with E-state index in [2.05, 4.69) is 0 Å². The van der Waals surface area contributed by atoms with E-state index in [1.54, 1.807) is 6.92 Å². The Bertz CT molecular complexity index is 516. The standard InChI is InChI=1S/C14H18O6/c1-8-6-14(12(16)18-4,13(17)19-5)7-11(8)9(2)20-10(3)15/h1,6-7H2,2-5H3/b11-9+/i1D/b8-1?,11-9+. The molecule has 0 aromatic rings. The maximum atomic E-state index is 12.0. The monoisotopic (exact) mass is 283 g/mol. The van der Waals surface area contributed by atoms with Crippen molar-refractivity contribution < 1.29 is 30.0 Å². The summed E-state index contributed by atoms with van der Waals surface area (Å²) in [5, 5.41) is 0. The Morgan fingerprint density at radius 3 is 2.10 bits per heavy atom. The zero-order chi connectivity index (χ0) is 16.2. The molecule has 20 heavy (non-hydrogen) atoms. The number of carbonyl (C=O) groups is 3. The fourth-order valence-corrected chi connectivity index (χ4v) is 2.30. The first-order valence-electron chi connectivity index (χ1n) is 6.53. The molecule has 0 radical (unpaired) electrons. The van der Waals surface area contributed by atoms with Crippen LogP contribution in [0.4, 0.5) is 0 Å². The lowest BCUT2D eigenvalue weighted by Gasteiger charge is -2.21. The van der Waals surface area contributed by atoms with Crippen LogP contribution in [0.1, 0.15) is 28.1 Å². The Morgan fingerprint density at radius 1 is 1.15 bits per heavy atom. The van der Waals surface area contributed by atoms with E-state index < -0.39 is 23.3 Å². The van der Waals surface area contributed by atoms with E-state index in [9.17, 15) is 14.4 Å². The molecule has 0 N–H and O–H groups in total. The van der Waals surface area contributed by atoms with Crippen molar-refractivity contribution >= 4 is 17.9 Å². The van der Waals surface area contributed by atoms with Crippen molar-refractivity contribution in [2.45, 2.75) is 26.7 Å². The maximum Gasteiger partial charge on any atom is 0.323 e. The summed E-state index contributed by atoms with van der Waals surface area (Å²) in [6, 6.07) is 0. The molecular weight excluding hydrogens is 264 g/mol. The molecule has 0 unspecified atom stereocenters. The molecule has 0 aliphatic heterocycles. The minimum absolute atomic E-state index is 0.0240. The summed E-state index contributed by atoms with van der Waals surface area (Å²) >= 11 is 0. The summed E-state index contributed by atoms with van der Waals surface area (Å²) in [7, 11) is 2.36. The molecular formula is C14H18O6. The van der Waals surface area contributed by atoms with E-state index in [0.29, 0.717) is 11.1 Å². The zero-order valence-electron chi connectivity index (χ0n) is 12.9. The van der Waals surface area contributed by atoms with Crippen molar-refractivity contribution in [1.82, 2.24) is 0 Å². The predicted octanol–water partition coefficient (Wildman–Crippen LogP) is 1.51. The van der Waals surface area contributed by atoms with Crippen molar-refractivity contribution in [1.29, 1.82) is 0 Å². The molecule has 0 spiro atoms. The molecule has 0 bridgehead atoms. The van der Waals surface area contributed by atoms with E-state index >= 15 is 0 Å². The molecule has 0 heterocycles. The van der Waals surface area contributed by atoms with Gasteiger partial charge in [-0.25, -0.2) is 0 Å². The summed E-state index contributed by atoms with van der Waals surface area (Å²) in [6.45, 7) is 3.83. The lowest BCUT2D eigenvalue weighted by molar-refractivity contribution is -0.168. The van der Waals surface area contributed by atoms with Gasteiger partial charge in [0.25, 0.3) is 0 Å². The largest absolute Gasteiger partial charge is 0.468 e. The minimum Gasteiger partial charge on any atom is -0.468 e. The first kappa shape index (κ1) is 14.3. The topological polar surface area (TPSA) is 78.9 Å². The van der Waals surface area contributed by atoms with Crippen LogP contribution in [-0.4, -0.2) is 32.1 Å². The van der Waals surface area contributed by atoms with Gasteiger partial charge in [0.2, 0.25) is 0 Å². The fraction of sp³-hybridized carbons (Fsp3) is 0.500. The first-order chi connectivity index (χ1) is 9.82. The van der Waals surface area contributed by atoms with Crippen LogP contribution in [0, 0.1) is 5.41 Å². The second-order valence-corrected chi connectivity index (χ2v) is 4.57. The first-order valence-corrected chi connectivity index (χ1v) is 5.95. The molecule has 0 amide bonds. The van der Waals surface area contributed by atoms with Crippen LogP contribution in [0.3, 0.4) is 0 Å². The Labute approximate surface area is 118 Å². The Hall–Kier alpha value is -2.11. The van der Waals surface area contributed by atoms with Crippen LogP contribution >= 0.6 is 0 Å². The van der Waals surface area contributed by atoms with Gasteiger partial charge in [-0.1, -0.05) is 6.55 Å². The predicted molar refractivity (Wildman–Crippen MR) is 69.3 cm³/mol. The fourth-order valence-electron chi connectivity index (χ4n) is 2.30. The minimum atomic E-state index is -1.53. The highest BCUT2D eigenvalue weighted by Gasteiger charge is 2.54. The van der Waals surface area contributed by atoms with Crippen molar-refractivity contribution in [3.63, 3.8) is 0 Å². The average molecular weight is 283 g/mol. The lowest BCUT2D eigenvalue weighted by Crippen LogP contribution is -2.38. The zero-order valence-corrected chi connectivity index (χ0v) is 11.9. The maximum absolute atomic E-state index is 12.0. The van der Waals surface area contributed by atoms with Gasteiger partial charge in [0.15, 0.2) is 5.41 Å². The number of rotatable bonds is 3. The van der Waals surface area contributed by atoms with Crippen molar-refractivity contribution in [2.24, 2.45) is 5.41 Å². The summed E-state index contributed by atoms with van der Waals surface area (Å²) in [5.41, 5.74) is -0.631. The summed E-state index contributed by atoms with van der Waals surface area (Å²) < 4.78 is 21.8. The van der Waals surface area contributed by atoms with E-state index in [-0.39, 0.29) is 18.6 Å². The van der Waals surface area contributed by atoms with Gasteiger partial charge in [0.1, 0.15) is 5.76 Å². The third-order valence-corrected chi connectivity index (χ3v) is 3.23. The Kier molecular flexibility index (Phi) is 4.22. The van der Waals surface area contributed by atoms with Crippen LogP contribution in [0.5, 0.6) is 0 Å². The van der Waals surface area contributed by atoms with Gasteiger partial charge in [0.05, 0.1) is 15.6 Å². The van der Waals surface area contributed by atoms with E-state index in [0.717, 1.165) is 6.55 Å². The van der Waals surface area contributed by atoms with Gasteiger partial charge in [-0.15, -0.1) is 0 Å². The second kappa shape index (κ2) is 5.90. The number of allylic oxidation sites excluding steroid dienone is 3. The smallest absolute Gasteiger partial charge is 0.323 e. The van der Waals surface area contributed by atoms with Crippen molar-refractivity contribution in [3.8, 4) is 0 Å². The van der Waals surface area contributed by atoms with Crippen molar-refractivity contribution in [3.05, 3.63) is 23.5 Å². The molecule has 0 atom stereocenters. The number of carbonyl (C=O) groups excluding carboxylic acids is 3. The average Bonchev–Trinajstić information content (AvgIpc) is 2.85. The van der Waals surface area contributed by atoms with Gasteiger partial charge >= 0.3 is 17.9 Å². The highest BCUT2D eigenvalue weighted by molar-refractivity contribution is 6.02.